The molecule has 0 amide bonds. The third-order valence-corrected chi connectivity index (χ3v) is 1.73. The Morgan fingerprint density at radius 3 is 1.36 bits per heavy atom. The molecule has 0 atom stereocenters. The van der Waals surface area contributed by atoms with E-state index < -0.39 is 0 Å². The molecule has 2 rings (SSSR count). The molecule has 0 aromatic carbocycles. The fourth-order valence-electron chi connectivity index (χ4n) is 1.03. The summed E-state index contributed by atoms with van der Waals surface area (Å²) in [6, 6.07) is 0. The first-order chi connectivity index (χ1) is 5.79. The van der Waals surface area contributed by atoms with Gasteiger partial charge in [0.1, 0.15) is 0 Å². The standard InChI is InChI=1S/2C6H7.CH4.Zr/c2*1-6-4-2-3-5-6;;/h2*2,4H,3H2,1H3;1H4;/q2*-1;;+2. The van der Waals surface area contributed by atoms with Crippen molar-refractivity contribution in [2.45, 2.75) is 34.1 Å². The second kappa shape index (κ2) is 9.40. The van der Waals surface area contributed by atoms with Crippen molar-refractivity contribution in [3.8, 4) is 0 Å². The van der Waals surface area contributed by atoms with Gasteiger partial charge in [0.05, 0.1) is 0 Å². The van der Waals surface area contributed by atoms with E-state index in [-0.39, 0.29) is 33.6 Å². The molecule has 0 saturated heterocycles. The fourth-order valence-corrected chi connectivity index (χ4v) is 1.03. The first-order valence-electron chi connectivity index (χ1n) is 4.27. The third-order valence-electron chi connectivity index (χ3n) is 1.73. The zero-order chi connectivity index (χ0) is 8.81. The Balaban J connectivity index is 0. The maximum Gasteiger partial charge on any atom is 2.00 e. The van der Waals surface area contributed by atoms with Crippen molar-refractivity contribution in [3.63, 3.8) is 0 Å². The molecule has 0 aromatic rings. The Morgan fingerprint density at radius 2 is 1.29 bits per heavy atom. The molecule has 0 bridgehead atoms. The van der Waals surface area contributed by atoms with Crippen LogP contribution in [0.4, 0.5) is 0 Å². The van der Waals surface area contributed by atoms with Gasteiger partial charge in [0.2, 0.25) is 0 Å². The average molecular weight is 266 g/mol. The molecule has 0 saturated carbocycles. The van der Waals surface area contributed by atoms with Gasteiger partial charge in [-0.1, -0.05) is 21.3 Å². The third kappa shape index (κ3) is 7.27. The monoisotopic (exact) mass is 264 g/mol. The van der Waals surface area contributed by atoms with Crippen LogP contribution in [-0.4, -0.2) is 0 Å². The minimum atomic E-state index is 0. The maximum atomic E-state index is 3.12. The molecule has 0 nitrogen and oxygen atoms in total. The van der Waals surface area contributed by atoms with Crippen LogP contribution in [-0.2, 0) is 26.2 Å². The van der Waals surface area contributed by atoms with E-state index >= 15 is 0 Å². The number of hydrogen-bond acceptors (Lipinski definition) is 0. The normalized spacial score (nSPS) is 15.9. The molecule has 14 heavy (non-hydrogen) atoms. The molecule has 0 heterocycles. The van der Waals surface area contributed by atoms with Crippen LogP contribution >= 0.6 is 0 Å². The smallest absolute Gasteiger partial charge is 0.270 e. The summed E-state index contributed by atoms with van der Waals surface area (Å²) in [5, 5.41) is 0. The largest absolute Gasteiger partial charge is 2.00 e. The predicted octanol–water partition coefficient (Wildman–Crippen LogP) is 4.03. The molecule has 74 valence electrons. The van der Waals surface area contributed by atoms with Gasteiger partial charge in [-0.15, -0.1) is 12.8 Å². The first kappa shape index (κ1) is 16.3. The van der Waals surface area contributed by atoms with Gasteiger partial charge in [0.15, 0.2) is 0 Å². The Kier molecular flexibility index (Phi) is 10.9. The van der Waals surface area contributed by atoms with E-state index in [4.69, 9.17) is 0 Å². The average Bonchev–Trinajstić information content (AvgIpc) is 2.63. The molecule has 0 fully saturated rings. The van der Waals surface area contributed by atoms with Gasteiger partial charge >= 0.3 is 26.2 Å². The quantitative estimate of drug-likeness (QED) is 0.580. The van der Waals surface area contributed by atoms with Gasteiger partial charge in [0, 0.05) is 0 Å². The summed E-state index contributed by atoms with van der Waals surface area (Å²) < 4.78 is 0. The van der Waals surface area contributed by atoms with Gasteiger partial charge in [-0.25, -0.2) is 23.3 Å². The van der Waals surface area contributed by atoms with E-state index in [2.05, 4.69) is 50.3 Å². The summed E-state index contributed by atoms with van der Waals surface area (Å²) in [5.41, 5.74) is 2.55. The summed E-state index contributed by atoms with van der Waals surface area (Å²) in [5.74, 6) is 0. The molecular formula is C13H18Zr. The van der Waals surface area contributed by atoms with Crippen LogP contribution < -0.4 is 0 Å². The second-order valence-corrected chi connectivity index (χ2v) is 2.93. The Labute approximate surface area is 108 Å². The van der Waals surface area contributed by atoms with Gasteiger partial charge in [-0.2, -0.15) is 12.2 Å². The Hall–Kier alpha value is -0.157. The Bertz CT molecular complexity index is 221. The predicted molar refractivity (Wildman–Crippen MR) is 59.1 cm³/mol. The van der Waals surface area contributed by atoms with Crippen molar-refractivity contribution in [1.82, 2.24) is 0 Å². The van der Waals surface area contributed by atoms with Gasteiger partial charge in [-0.05, 0) is 0 Å². The topological polar surface area (TPSA) is 0 Å². The van der Waals surface area contributed by atoms with E-state index in [9.17, 15) is 0 Å². The molecule has 1 heteroatoms. The minimum Gasteiger partial charge on any atom is -0.270 e. The molecule has 0 aromatic heterocycles. The summed E-state index contributed by atoms with van der Waals surface area (Å²) in [6.07, 6.45) is 16.7. The zero-order valence-electron chi connectivity index (χ0n) is 8.22. The van der Waals surface area contributed by atoms with Gasteiger partial charge < -0.3 is 0 Å². The van der Waals surface area contributed by atoms with Crippen LogP contribution in [0.3, 0.4) is 0 Å². The first-order valence-corrected chi connectivity index (χ1v) is 4.27. The number of allylic oxidation sites excluding steroid dienone is 8. The van der Waals surface area contributed by atoms with E-state index in [0.29, 0.717) is 0 Å². The number of hydrogen-bond donors (Lipinski definition) is 0. The van der Waals surface area contributed by atoms with E-state index in [1.165, 1.54) is 11.1 Å². The number of rotatable bonds is 0. The molecule has 2 aliphatic rings. The van der Waals surface area contributed by atoms with Crippen molar-refractivity contribution >= 4 is 0 Å². The summed E-state index contributed by atoms with van der Waals surface area (Å²) in [6.45, 7) is 4.12. The molecule has 2 aliphatic carbocycles. The fraction of sp³-hybridized carbons (Fsp3) is 0.385. The van der Waals surface area contributed by atoms with E-state index in [1.54, 1.807) is 0 Å². The summed E-state index contributed by atoms with van der Waals surface area (Å²) in [7, 11) is 0. The van der Waals surface area contributed by atoms with E-state index in [0.717, 1.165) is 12.8 Å². The Morgan fingerprint density at radius 1 is 0.929 bits per heavy atom. The van der Waals surface area contributed by atoms with Crippen molar-refractivity contribution in [1.29, 1.82) is 0 Å². The van der Waals surface area contributed by atoms with Crippen molar-refractivity contribution in [3.05, 3.63) is 47.6 Å². The SMILES string of the molecule is C.CC1=[C-]CC=C1.CC1=[C-]CC=C1.[Zr+2]. The second-order valence-electron chi connectivity index (χ2n) is 2.93. The molecular weight excluding hydrogens is 247 g/mol. The molecule has 0 aliphatic heterocycles. The van der Waals surface area contributed by atoms with Crippen LogP contribution in [0.5, 0.6) is 0 Å². The van der Waals surface area contributed by atoms with Crippen molar-refractivity contribution in [2.24, 2.45) is 0 Å². The summed E-state index contributed by atoms with van der Waals surface area (Å²) >= 11 is 0. The molecule has 0 N–H and O–H groups in total. The van der Waals surface area contributed by atoms with Crippen LogP contribution in [0, 0.1) is 12.2 Å². The molecule has 0 unspecified atom stereocenters. The van der Waals surface area contributed by atoms with Crippen LogP contribution in [0.25, 0.3) is 0 Å². The van der Waals surface area contributed by atoms with Crippen molar-refractivity contribution in [2.75, 3.05) is 0 Å². The van der Waals surface area contributed by atoms with Crippen LogP contribution in [0.2, 0.25) is 0 Å². The zero-order valence-corrected chi connectivity index (χ0v) is 10.7. The minimum absolute atomic E-state index is 0. The maximum absolute atomic E-state index is 3.12. The van der Waals surface area contributed by atoms with Crippen LogP contribution in [0.15, 0.2) is 35.5 Å². The van der Waals surface area contributed by atoms with Crippen molar-refractivity contribution < 1.29 is 26.2 Å². The van der Waals surface area contributed by atoms with Gasteiger partial charge in [-0.3, -0.25) is 12.2 Å². The van der Waals surface area contributed by atoms with Gasteiger partial charge in [0.25, 0.3) is 0 Å². The van der Waals surface area contributed by atoms with E-state index in [1.807, 2.05) is 0 Å². The van der Waals surface area contributed by atoms with Crippen LogP contribution in [0.1, 0.15) is 34.1 Å². The molecule has 0 spiro atoms. The summed E-state index contributed by atoms with van der Waals surface area (Å²) in [4.78, 5) is 0. The molecule has 0 radical (unpaired) electrons.